The Kier molecular flexibility index (Phi) is 5.77. The number of carbonyl (C=O) groups is 1. The van der Waals surface area contributed by atoms with Crippen LogP contribution in [0.4, 0.5) is 16.2 Å². The summed E-state index contributed by atoms with van der Waals surface area (Å²) < 4.78 is 5.20. The molecule has 34 heavy (non-hydrogen) atoms. The highest BCUT2D eigenvalue weighted by molar-refractivity contribution is 6.01. The molecule has 0 bridgehead atoms. The third-order valence-corrected chi connectivity index (χ3v) is 5.06. The van der Waals surface area contributed by atoms with Gasteiger partial charge in [-0.05, 0) is 54.6 Å². The Hall–Kier alpha value is -4.85. The van der Waals surface area contributed by atoms with Gasteiger partial charge in [-0.25, -0.2) is 14.8 Å². The zero-order valence-electron chi connectivity index (χ0n) is 18.3. The molecule has 3 heterocycles. The van der Waals surface area contributed by atoms with Crippen LogP contribution >= 0.6 is 0 Å². The molecule has 5 aromatic rings. The van der Waals surface area contributed by atoms with Gasteiger partial charge in [-0.15, -0.1) is 0 Å². The number of methoxy groups -OCH3 is 1. The number of benzene rings is 2. The molecule has 3 aromatic heterocycles. The SMILES string of the molecule is COc1cccc(NC(=O)Nc2ccc3nc(-c4ccccn4)c(-c4ccccn4)nc3c2)c1. The number of urea groups is 1. The van der Waals surface area contributed by atoms with Crippen LogP contribution in [0, 0.1) is 0 Å². The van der Waals surface area contributed by atoms with Crippen LogP contribution in [0.3, 0.4) is 0 Å². The van der Waals surface area contributed by atoms with E-state index in [9.17, 15) is 4.79 Å². The number of hydrogen-bond acceptors (Lipinski definition) is 6. The van der Waals surface area contributed by atoms with Crippen molar-refractivity contribution < 1.29 is 9.53 Å². The normalized spacial score (nSPS) is 10.6. The van der Waals surface area contributed by atoms with Gasteiger partial charge in [0.2, 0.25) is 0 Å². The van der Waals surface area contributed by atoms with Crippen molar-refractivity contribution in [3.8, 4) is 28.5 Å². The highest BCUT2D eigenvalue weighted by Crippen LogP contribution is 2.29. The van der Waals surface area contributed by atoms with Crippen LogP contribution in [0.25, 0.3) is 33.8 Å². The largest absolute Gasteiger partial charge is 0.497 e. The van der Waals surface area contributed by atoms with Crippen molar-refractivity contribution >= 4 is 28.4 Å². The quantitative estimate of drug-likeness (QED) is 0.373. The molecule has 2 amide bonds. The topological polar surface area (TPSA) is 102 Å². The number of amides is 2. The second-order valence-corrected chi connectivity index (χ2v) is 7.37. The summed E-state index contributed by atoms with van der Waals surface area (Å²) >= 11 is 0. The number of hydrogen-bond donors (Lipinski definition) is 2. The lowest BCUT2D eigenvalue weighted by atomic mass is 10.1. The zero-order chi connectivity index (χ0) is 23.3. The van der Waals surface area contributed by atoms with Gasteiger partial charge in [0.1, 0.15) is 17.1 Å². The Morgan fingerprint density at radius 3 is 1.97 bits per heavy atom. The van der Waals surface area contributed by atoms with E-state index in [4.69, 9.17) is 14.7 Å². The fourth-order valence-corrected chi connectivity index (χ4v) is 3.49. The average Bonchev–Trinajstić information content (AvgIpc) is 2.89. The van der Waals surface area contributed by atoms with Gasteiger partial charge < -0.3 is 15.4 Å². The smallest absolute Gasteiger partial charge is 0.323 e. The minimum absolute atomic E-state index is 0.379. The number of ether oxygens (including phenoxy) is 1. The highest BCUT2D eigenvalue weighted by Gasteiger charge is 2.15. The Morgan fingerprint density at radius 2 is 1.35 bits per heavy atom. The van der Waals surface area contributed by atoms with Gasteiger partial charge in [-0.2, -0.15) is 0 Å². The van der Waals surface area contributed by atoms with Crippen molar-refractivity contribution in [2.75, 3.05) is 17.7 Å². The van der Waals surface area contributed by atoms with E-state index in [0.29, 0.717) is 50.9 Å². The summed E-state index contributed by atoms with van der Waals surface area (Å²) in [5.41, 5.74) is 5.16. The van der Waals surface area contributed by atoms with E-state index in [1.54, 1.807) is 49.8 Å². The molecule has 2 N–H and O–H groups in total. The van der Waals surface area contributed by atoms with Crippen LogP contribution in [0.1, 0.15) is 0 Å². The van der Waals surface area contributed by atoms with Gasteiger partial charge >= 0.3 is 6.03 Å². The summed E-state index contributed by atoms with van der Waals surface area (Å²) in [5, 5.41) is 5.64. The maximum Gasteiger partial charge on any atom is 0.323 e. The molecular weight excluding hydrogens is 428 g/mol. The van der Waals surface area contributed by atoms with Crippen molar-refractivity contribution in [2.24, 2.45) is 0 Å². The number of nitrogens with one attached hydrogen (secondary N) is 2. The van der Waals surface area contributed by atoms with Crippen molar-refractivity contribution in [1.82, 2.24) is 19.9 Å². The molecule has 0 radical (unpaired) electrons. The van der Waals surface area contributed by atoms with E-state index in [0.717, 1.165) is 0 Å². The molecule has 0 atom stereocenters. The first-order valence-electron chi connectivity index (χ1n) is 10.6. The average molecular weight is 448 g/mol. The van der Waals surface area contributed by atoms with Crippen LogP contribution in [0.5, 0.6) is 5.75 Å². The number of pyridine rings is 2. The van der Waals surface area contributed by atoms with E-state index in [-0.39, 0.29) is 6.03 Å². The number of rotatable bonds is 5. The summed E-state index contributed by atoms with van der Waals surface area (Å²) in [7, 11) is 1.58. The second kappa shape index (κ2) is 9.33. The Bertz CT molecular complexity index is 1460. The molecule has 0 unspecified atom stereocenters. The first kappa shape index (κ1) is 21.0. The van der Waals surface area contributed by atoms with Crippen LogP contribution in [-0.2, 0) is 0 Å². The molecule has 2 aromatic carbocycles. The first-order valence-corrected chi connectivity index (χ1v) is 10.6. The highest BCUT2D eigenvalue weighted by atomic mass is 16.5. The van der Waals surface area contributed by atoms with E-state index in [1.165, 1.54) is 0 Å². The summed E-state index contributed by atoms with van der Waals surface area (Å²) in [6.07, 6.45) is 3.43. The lowest BCUT2D eigenvalue weighted by Gasteiger charge is -2.11. The van der Waals surface area contributed by atoms with Crippen LogP contribution in [-0.4, -0.2) is 33.1 Å². The third-order valence-electron chi connectivity index (χ3n) is 5.06. The lowest BCUT2D eigenvalue weighted by Crippen LogP contribution is -2.19. The minimum Gasteiger partial charge on any atom is -0.497 e. The van der Waals surface area contributed by atoms with Gasteiger partial charge in [-0.1, -0.05) is 18.2 Å². The molecule has 0 aliphatic heterocycles. The van der Waals surface area contributed by atoms with Crippen molar-refractivity contribution in [3.63, 3.8) is 0 Å². The molecule has 0 spiro atoms. The summed E-state index contributed by atoms with van der Waals surface area (Å²) in [6, 6.07) is 23.4. The maximum absolute atomic E-state index is 12.5. The lowest BCUT2D eigenvalue weighted by molar-refractivity contribution is 0.262. The molecule has 166 valence electrons. The Balaban J connectivity index is 1.48. The zero-order valence-corrected chi connectivity index (χ0v) is 18.3. The van der Waals surface area contributed by atoms with E-state index in [1.807, 2.05) is 48.5 Å². The van der Waals surface area contributed by atoms with Crippen LogP contribution < -0.4 is 15.4 Å². The number of nitrogens with zero attached hydrogens (tertiary/aromatic N) is 4. The number of fused-ring (bicyclic) bond motifs is 1. The van der Waals surface area contributed by atoms with Gasteiger partial charge in [0, 0.05) is 29.8 Å². The van der Waals surface area contributed by atoms with Gasteiger partial charge in [0.25, 0.3) is 0 Å². The maximum atomic E-state index is 12.5. The van der Waals surface area contributed by atoms with Crippen molar-refractivity contribution in [1.29, 1.82) is 0 Å². The Labute approximate surface area is 195 Å². The molecular formula is C26H20N6O2. The molecule has 0 fully saturated rings. The van der Waals surface area contributed by atoms with E-state index < -0.39 is 0 Å². The third kappa shape index (κ3) is 4.51. The molecule has 8 nitrogen and oxygen atoms in total. The summed E-state index contributed by atoms with van der Waals surface area (Å²) in [6.45, 7) is 0. The molecule has 0 aliphatic rings. The van der Waals surface area contributed by atoms with E-state index in [2.05, 4.69) is 20.6 Å². The molecule has 8 heteroatoms. The summed E-state index contributed by atoms with van der Waals surface area (Å²) in [5.74, 6) is 0.657. The monoisotopic (exact) mass is 448 g/mol. The van der Waals surface area contributed by atoms with Gasteiger partial charge in [0.05, 0.1) is 29.5 Å². The fourth-order valence-electron chi connectivity index (χ4n) is 3.49. The number of anilines is 2. The molecule has 5 rings (SSSR count). The van der Waals surface area contributed by atoms with E-state index >= 15 is 0 Å². The number of aromatic nitrogens is 4. The van der Waals surface area contributed by atoms with Gasteiger partial charge in [0.15, 0.2) is 0 Å². The predicted octanol–water partition coefficient (Wildman–Crippen LogP) is 5.41. The Morgan fingerprint density at radius 1 is 0.706 bits per heavy atom. The predicted molar refractivity (Wildman–Crippen MR) is 132 cm³/mol. The molecule has 0 saturated carbocycles. The van der Waals surface area contributed by atoms with Crippen LogP contribution in [0.2, 0.25) is 0 Å². The fraction of sp³-hybridized carbons (Fsp3) is 0.0385. The molecule has 0 saturated heterocycles. The first-order chi connectivity index (χ1) is 16.7. The van der Waals surface area contributed by atoms with Crippen molar-refractivity contribution in [3.05, 3.63) is 91.3 Å². The molecule has 0 aliphatic carbocycles. The van der Waals surface area contributed by atoms with Gasteiger partial charge in [-0.3, -0.25) is 9.97 Å². The standard InChI is InChI=1S/C26H20N6O2/c1-34-19-8-6-7-17(15-19)29-26(33)30-18-11-12-20-23(16-18)32-25(22-10-3-5-14-28-22)24(31-20)21-9-2-4-13-27-21/h2-16H,1H3,(H2,29,30,33). The van der Waals surface area contributed by atoms with Crippen molar-refractivity contribution in [2.45, 2.75) is 0 Å². The second-order valence-electron chi connectivity index (χ2n) is 7.37. The van der Waals surface area contributed by atoms with Crippen LogP contribution in [0.15, 0.2) is 91.3 Å². The number of carbonyl (C=O) groups excluding carboxylic acids is 1. The summed E-state index contributed by atoms with van der Waals surface area (Å²) in [4.78, 5) is 31.1. The minimum atomic E-state index is -0.379.